The molecular formula is C11H18N2O2. The first-order valence-corrected chi connectivity index (χ1v) is 4.69. The van der Waals surface area contributed by atoms with Crippen LogP contribution in [0.15, 0.2) is 4.99 Å². The standard InChI is InChI=1S/C11H18N2O2/c1-7-8-13(6)9(2)12-10(14)15-11(3,4)5/h1H,8H2,2-6H3. The summed E-state index contributed by atoms with van der Waals surface area (Å²) in [6, 6.07) is 0. The highest BCUT2D eigenvalue weighted by molar-refractivity contribution is 5.90. The Labute approximate surface area is 91.3 Å². The number of carbonyl (C=O) groups excluding carboxylic acids is 1. The van der Waals surface area contributed by atoms with Crippen LogP contribution in [-0.2, 0) is 4.74 Å². The SMILES string of the molecule is C#CCN(C)C(C)=NC(=O)OC(C)(C)C. The summed E-state index contributed by atoms with van der Waals surface area (Å²) in [4.78, 5) is 16.8. The molecular weight excluding hydrogens is 192 g/mol. The van der Waals surface area contributed by atoms with Crippen molar-refractivity contribution in [2.24, 2.45) is 4.99 Å². The summed E-state index contributed by atoms with van der Waals surface area (Å²) in [7, 11) is 1.77. The summed E-state index contributed by atoms with van der Waals surface area (Å²) in [5.41, 5.74) is -0.522. The van der Waals surface area contributed by atoms with Crippen LogP contribution >= 0.6 is 0 Å². The van der Waals surface area contributed by atoms with E-state index in [1.165, 1.54) is 0 Å². The number of terminal acetylenes is 1. The number of carbonyl (C=O) groups is 1. The molecule has 0 aliphatic rings. The minimum absolute atomic E-state index is 0.415. The third kappa shape index (κ3) is 6.55. The lowest BCUT2D eigenvalue weighted by Gasteiger charge is -2.19. The second-order valence-corrected chi connectivity index (χ2v) is 4.20. The minimum atomic E-state index is -0.594. The summed E-state index contributed by atoms with van der Waals surface area (Å²) in [5, 5.41) is 0. The normalized spacial score (nSPS) is 11.9. The molecule has 4 heteroatoms. The number of aliphatic imine (C=N–C) groups is 1. The van der Waals surface area contributed by atoms with Crippen molar-refractivity contribution in [1.29, 1.82) is 0 Å². The van der Waals surface area contributed by atoms with Crippen LogP contribution in [0.2, 0.25) is 0 Å². The molecule has 0 aromatic heterocycles. The Kier molecular flexibility index (Phi) is 4.86. The molecule has 0 heterocycles. The molecule has 0 saturated heterocycles. The maximum atomic E-state index is 11.3. The molecule has 0 aliphatic carbocycles. The molecule has 1 amide bonds. The molecule has 0 fully saturated rings. The number of hydrogen-bond acceptors (Lipinski definition) is 2. The van der Waals surface area contributed by atoms with Gasteiger partial charge in [-0.2, -0.15) is 4.99 Å². The average Bonchev–Trinajstić information content (AvgIpc) is 2.00. The number of rotatable bonds is 1. The van der Waals surface area contributed by atoms with Gasteiger partial charge in [0.1, 0.15) is 11.4 Å². The highest BCUT2D eigenvalue weighted by atomic mass is 16.6. The first-order chi connectivity index (χ1) is 6.76. The van der Waals surface area contributed by atoms with E-state index < -0.39 is 11.7 Å². The Hall–Kier alpha value is -1.50. The maximum absolute atomic E-state index is 11.3. The summed E-state index contributed by atoms with van der Waals surface area (Å²) < 4.78 is 5.03. The lowest BCUT2D eigenvalue weighted by atomic mass is 10.2. The minimum Gasteiger partial charge on any atom is -0.442 e. The Morgan fingerprint density at radius 2 is 2.07 bits per heavy atom. The van der Waals surface area contributed by atoms with Crippen LogP contribution in [-0.4, -0.2) is 36.0 Å². The molecule has 84 valence electrons. The van der Waals surface area contributed by atoms with E-state index in [4.69, 9.17) is 11.2 Å². The summed E-state index contributed by atoms with van der Waals surface area (Å²) >= 11 is 0. The van der Waals surface area contributed by atoms with E-state index in [0.717, 1.165) is 0 Å². The van der Waals surface area contributed by atoms with Gasteiger partial charge in [0.15, 0.2) is 0 Å². The molecule has 0 aromatic carbocycles. The van der Waals surface area contributed by atoms with Gasteiger partial charge in [0.25, 0.3) is 0 Å². The Morgan fingerprint density at radius 3 is 2.47 bits per heavy atom. The van der Waals surface area contributed by atoms with Gasteiger partial charge in [-0.15, -0.1) is 6.42 Å². The van der Waals surface area contributed by atoms with Crippen molar-refractivity contribution < 1.29 is 9.53 Å². The number of nitrogens with zero attached hydrogens (tertiary/aromatic N) is 2. The predicted octanol–water partition coefficient (Wildman–Crippen LogP) is 1.90. The lowest BCUT2D eigenvalue weighted by Crippen LogP contribution is -2.27. The van der Waals surface area contributed by atoms with Crippen LogP contribution in [0.25, 0.3) is 0 Å². The largest absolute Gasteiger partial charge is 0.442 e. The van der Waals surface area contributed by atoms with Gasteiger partial charge >= 0.3 is 6.09 Å². The molecule has 4 nitrogen and oxygen atoms in total. The molecule has 0 aliphatic heterocycles. The van der Waals surface area contributed by atoms with Crippen molar-refractivity contribution in [2.75, 3.05) is 13.6 Å². The number of ether oxygens (including phenoxy) is 1. The van der Waals surface area contributed by atoms with E-state index in [0.29, 0.717) is 12.4 Å². The summed E-state index contributed by atoms with van der Waals surface area (Å²) in [6.45, 7) is 7.50. The van der Waals surface area contributed by atoms with Crippen molar-refractivity contribution in [1.82, 2.24) is 4.90 Å². The van der Waals surface area contributed by atoms with Crippen LogP contribution in [0.4, 0.5) is 4.79 Å². The molecule has 0 saturated carbocycles. The third-order valence-corrected chi connectivity index (χ3v) is 1.53. The Morgan fingerprint density at radius 1 is 1.53 bits per heavy atom. The molecule has 0 atom stereocenters. The molecule has 0 aromatic rings. The molecule has 0 rings (SSSR count). The van der Waals surface area contributed by atoms with Gasteiger partial charge < -0.3 is 9.64 Å². The predicted molar refractivity (Wildman–Crippen MR) is 60.8 cm³/mol. The quantitative estimate of drug-likeness (QED) is 0.377. The van der Waals surface area contributed by atoms with E-state index in [9.17, 15) is 4.79 Å². The smallest absolute Gasteiger partial charge is 0.435 e. The number of amidine groups is 1. The van der Waals surface area contributed by atoms with Gasteiger partial charge in [-0.1, -0.05) is 5.92 Å². The summed E-state index contributed by atoms with van der Waals surface area (Å²) in [5.74, 6) is 3.01. The van der Waals surface area contributed by atoms with E-state index in [1.54, 1.807) is 39.6 Å². The monoisotopic (exact) mass is 210 g/mol. The van der Waals surface area contributed by atoms with Crippen molar-refractivity contribution in [3.63, 3.8) is 0 Å². The van der Waals surface area contributed by atoms with Crippen molar-refractivity contribution in [3.8, 4) is 12.3 Å². The van der Waals surface area contributed by atoms with Crippen molar-refractivity contribution in [3.05, 3.63) is 0 Å². The van der Waals surface area contributed by atoms with Crippen LogP contribution < -0.4 is 0 Å². The van der Waals surface area contributed by atoms with Crippen LogP contribution in [0, 0.1) is 12.3 Å². The van der Waals surface area contributed by atoms with Gasteiger partial charge in [-0.25, -0.2) is 4.79 Å². The zero-order valence-electron chi connectivity index (χ0n) is 10.00. The van der Waals surface area contributed by atoms with E-state index in [1.807, 2.05) is 0 Å². The molecule has 0 unspecified atom stereocenters. The van der Waals surface area contributed by atoms with Gasteiger partial charge in [0.2, 0.25) is 0 Å². The molecule has 0 radical (unpaired) electrons. The van der Waals surface area contributed by atoms with E-state index >= 15 is 0 Å². The van der Waals surface area contributed by atoms with Crippen LogP contribution in [0.3, 0.4) is 0 Å². The lowest BCUT2D eigenvalue weighted by molar-refractivity contribution is 0.0602. The maximum Gasteiger partial charge on any atom is 0.435 e. The van der Waals surface area contributed by atoms with Crippen LogP contribution in [0.5, 0.6) is 0 Å². The first-order valence-electron chi connectivity index (χ1n) is 4.69. The van der Waals surface area contributed by atoms with Gasteiger partial charge in [0, 0.05) is 7.05 Å². The number of hydrogen-bond donors (Lipinski definition) is 0. The number of amides is 1. The van der Waals surface area contributed by atoms with Crippen molar-refractivity contribution in [2.45, 2.75) is 33.3 Å². The highest BCUT2D eigenvalue weighted by Gasteiger charge is 2.16. The average molecular weight is 210 g/mol. The first kappa shape index (κ1) is 13.5. The molecule has 0 spiro atoms. The van der Waals surface area contributed by atoms with Crippen LogP contribution in [0.1, 0.15) is 27.7 Å². The zero-order chi connectivity index (χ0) is 12.1. The fourth-order valence-corrected chi connectivity index (χ4v) is 0.754. The second-order valence-electron chi connectivity index (χ2n) is 4.20. The topological polar surface area (TPSA) is 41.9 Å². The molecule has 0 N–H and O–H groups in total. The Balaban J connectivity index is 4.37. The van der Waals surface area contributed by atoms with E-state index in [2.05, 4.69) is 10.9 Å². The van der Waals surface area contributed by atoms with Gasteiger partial charge in [-0.05, 0) is 27.7 Å². The van der Waals surface area contributed by atoms with Gasteiger partial charge in [-0.3, -0.25) is 0 Å². The Bertz CT molecular complexity index is 295. The molecule has 0 bridgehead atoms. The van der Waals surface area contributed by atoms with Gasteiger partial charge in [0.05, 0.1) is 6.54 Å². The third-order valence-electron chi connectivity index (χ3n) is 1.53. The fraction of sp³-hybridized carbons (Fsp3) is 0.636. The zero-order valence-corrected chi connectivity index (χ0v) is 10.00. The summed E-state index contributed by atoms with van der Waals surface area (Å²) in [6.07, 6.45) is 4.54. The molecule has 15 heavy (non-hydrogen) atoms. The van der Waals surface area contributed by atoms with E-state index in [-0.39, 0.29) is 0 Å². The fourth-order valence-electron chi connectivity index (χ4n) is 0.754. The van der Waals surface area contributed by atoms with Crippen molar-refractivity contribution >= 4 is 11.9 Å². The highest BCUT2D eigenvalue weighted by Crippen LogP contribution is 2.08. The second kappa shape index (κ2) is 5.40.